The first-order valence-corrected chi connectivity index (χ1v) is 5.40. The lowest BCUT2D eigenvalue weighted by atomic mass is 10.3. The molecule has 0 unspecified atom stereocenters. The van der Waals surface area contributed by atoms with Crippen molar-refractivity contribution < 1.29 is 9.53 Å². The first-order chi connectivity index (χ1) is 7.74. The van der Waals surface area contributed by atoms with Crippen molar-refractivity contribution in [3.05, 3.63) is 46.7 Å². The van der Waals surface area contributed by atoms with Crippen molar-refractivity contribution in [2.45, 2.75) is 0 Å². The average molecular weight is 281 g/mol. The number of hydrogen-bond donors (Lipinski definition) is 0. The lowest BCUT2D eigenvalue weighted by Crippen LogP contribution is -2.02. The molecule has 0 atom stereocenters. The van der Waals surface area contributed by atoms with Crippen LogP contribution in [-0.2, 0) is 4.74 Å². The average Bonchev–Trinajstić information content (AvgIpc) is 2.71. The minimum absolute atomic E-state index is 0.408. The molecule has 0 saturated carbocycles. The first-order valence-electron chi connectivity index (χ1n) is 4.61. The lowest BCUT2D eigenvalue weighted by Gasteiger charge is -2.02. The van der Waals surface area contributed by atoms with Gasteiger partial charge in [-0.3, -0.25) is 0 Å². The van der Waals surface area contributed by atoms with Gasteiger partial charge in [0.25, 0.3) is 0 Å². The summed E-state index contributed by atoms with van der Waals surface area (Å²) >= 11 is 3.33. The summed E-state index contributed by atoms with van der Waals surface area (Å²) in [5, 5.41) is 4.12. The highest BCUT2D eigenvalue weighted by Crippen LogP contribution is 2.21. The number of carbonyl (C=O) groups excluding carboxylic acids is 1. The van der Waals surface area contributed by atoms with E-state index in [0.717, 1.165) is 5.69 Å². The molecule has 0 fully saturated rings. The predicted molar refractivity (Wildman–Crippen MR) is 62.6 cm³/mol. The quantitative estimate of drug-likeness (QED) is 0.794. The Morgan fingerprint density at radius 3 is 2.69 bits per heavy atom. The first kappa shape index (κ1) is 10.9. The van der Waals surface area contributed by atoms with Gasteiger partial charge >= 0.3 is 5.97 Å². The predicted octanol–water partition coefficient (Wildman–Crippen LogP) is 2.42. The number of halogens is 1. The van der Waals surface area contributed by atoms with Crippen molar-refractivity contribution in [3.8, 4) is 5.69 Å². The summed E-state index contributed by atoms with van der Waals surface area (Å²) in [5.74, 6) is -0.408. The Morgan fingerprint density at radius 1 is 1.38 bits per heavy atom. The van der Waals surface area contributed by atoms with E-state index in [4.69, 9.17) is 0 Å². The SMILES string of the molecule is COC(=O)c1cnn(-c2ccccc2)c1Br. The summed E-state index contributed by atoms with van der Waals surface area (Å²) in [7, 11) is 1.34. The molecule has 0 aliphatic rings. The van der Waals surface area contributed by atoms with Crippen molar-refractivity contribution >= 4 is 21.9 Å². The fourth-order valence-corrected chi connectivity index (χ4v) is 1.89. The number of para-hydroxylation sites is 1. The van der Waals surface area contributed by atoms with E-state index in [1.165, 1.54) is 13.3 Å². The summed E-state index contributed by atoms with van der Waals surface area (Å²) < 4.78 is 6.86. The Kier molecular flexibility index (Phi) is 3.05. The maximum absolute atomic E-state index is 11.4. The molecule has 1 aromatic carbocycles. The van der Waals surface area contributed by atoms with Gasteiger partial charge in [-0.1, -0.05) is 18.2 Å². The zero-order chi connectivity index (χ0) is 11.5. The van der Waals surface area contributed by atoms with Crippen LogP contribution < -0.4 is 0 Å². The third kappa shape index (κ3) is 1.86. The molecule has 0 saturated heterocycles. The van der Waals surface area contributed by atoms with Crippen LogP contribution in [0.5, 0.6) is 0 Å². The van der Waals surface area contributed by atoms with Crippen LogP contribution in [-0.4, -0.2) is 22.9 Å². The molecule has 0 amide bonds. The molecule has 82 valence electrons. The zero-order valence-corrected chi connectivity index (χ0v) is 10.1. The van der Waals surface area contributed by atoms with Gasteiger partial charge in [0.15, 0.2) is 0 Å². The molecule has 0 aliphatic carbocycles. The number of nitrogens with zero attached hydrogens (tertiary/aromatic N) is 2. The molecule has 0 bridgehead atoms. The fourth-order valence-electron chi connectivity index (χ4n) is 1.33. The summed E-state index contributed by atoms with van der Waals surface area (Å²) in [5.41, 5.74) is 1.29. The number of carbonyl (C=O) groups is 1. The number of esters is 1. The second-order valence-electron chi connectivity index (χ2n) is 3.09. The van der Waals surface area contributed by atoms with E-state index in [9.17, 15) is 4.79 Å². The van der Waals surface area contributed by atoms with Gasteiger partial charge in [-0.2, -0.15) is 5.10 Å². The van der Waals surface area contributed by atoms with Crippen LogP contribution in [0.15, 0.2) is 41.1 Å². The van der Waals surface area contributed by atoms with Crippen LogP contribution in [0.25, 0.3) is 5.69 Å². The van der Waals surface area contributed by atoms with Gasteiger partial charge in [-0.25, -0.2) is 9.48 Å². The van der Waals surface area contributed by atoms with E-state index in [0.29, 0.717) is 10.2 Å². The fraction of sp³-hybridized carbons (Fsp3) is 0.0909. The van der Waals surface area contributed by atoms with Crippen molar-refractivity contribution in [1.82, 2.24) is 9.78 Å². The maximum atomic E-state index is 11.4. The van der Waals surface area contributed by atoms with Gasteiger partial charge in [0.1, 0.15) is 10.2 Å². The summed E-state index contributed by atoms with van der Waals surface area (Å²) in [4.78, 5) is 11.4. The van der Waals surface area contributed by atoms with E-state index >= 15 is 0 Å². The van der Waals surface area contributed by atoms with Crippen LogP contribution in [0.2, 0.25) is 0 Å². The highest BCUT2D eigenvalue weighted by molar-refractivity contribution is 9.10. The Labute approximate surface area is 101 Å². The van der Waals surface area contributed by atoms with Gasteiger partial charge in [0.2, 0.25) is 0 Å². The van der Waals surface area contributed by atoms with Crippen molar-refractivity contribution in [2.75, 3.05) is 7.11 Å². The van der Waals surface area contributed by atoms with Gasteiger partial charge in [-0.15, -0.1) is 0 Å². The summed E-state index contributed by atoms with van der Waals surface area (Å²) in [6.45, 7) is 0. The smallest absolute Gasteiger partial charge is 0.342 e. The Morgan fingerprint density at radius 2 is 2.06 bits per heavy atom. The van der Waals surface area contributed by atoms with Crippen LogP contribution >= 0.6 is 15.9 Å². The second kappa shape index (κ2) is 4.49. The van der Waals surface area contributed by atoms with Crippen LogP contribution in [0.1, 0.15) is 10.4 Å². The van der Waals surface area contributed by atoms with E-state index in [-0.39, 0.29) is 0 Å². The van der Waals surface area contributed by atoms with Crippen molar-refractivity contribution in [1.29, 1.82) is 0 Å². The number of benzene rings is 1. The largest absolute Gasteiger partial charge is 0.465 e. The van der Waals surface area contributed by atoms with Crippen LogP contribution in [0.3, 0.4) is 0 Å². The Balaban J connectivity index is 2.45. The van der Waals surface area contributed by atoms with E-state index < -0.39 is 5.97 Å². The van der Waals surface area contributed by atoms with Crippen LogP contribution in [0.4, 0.5) is 0 Å². The van der Waals surface area contributed by atoms with Gasteiger partial charge in [0.05, 0.1) is 19.0 Å². The molecule has 1 heterocycles. The third-order valence-electron chi connectivity index (χ3n) is 2.12. The minimum Gasteiger partial charge on any atom is -0.465 e. The molecule has 0 spiro atoms. The number of ether oxygens (including phenoxy) is 1. The van der Waals surface area contributed by atoms with Gasteiger partial charge < -0.3 is 4.74 Å². The van der Waals surface area contributed by atoms with Gasteiger partial charge in [0, 0.05) is 0 Å². The monoisotopic (exact) mass is 280 g/mol. The molecule has 2 aromatic rings. The number of hydrogen-bond acceptors (Lipinski definition) is 3. The van der Waals surface area contributed by atoms with Crippen molar-refractivity contribution in [3.63, 3.8) is 0 Å². The van der Waals surface area contributed by atoms with Crippen LogP contribution in [0, 0.1) is 0 Å². The number of aromatic nitrogens is 2. The molecular formula is C11H9BrN2O2. The Bertz CT molecular complexity index is 508. The molecular weight excluding hydrogens is 272 g/mol. The number of rotatable bonds is 2. The molecule has 5 heteroatoms. The maximum Gasteiger partial charge on any atom is 0.342 e. The standard InChI is InChI=1S/C11H9BrN2O2/c1-16-11(15)9-7-13-14(10(9)12)8-5-3-2-4-6-8/h2-7H,1H3. The molecule has 16 heavy (non-hydrogen) atoms. The second-order valence-corrected chi connectivity index (χ2v) is 3.84. The highest BCUT2D eigenvalue weighted by atomic mass is 79.9. The Hall–Kier alpha value is -1.62. The van der Waals surface area contributed by atoms with Crippen molar-refractivity contribution in [2.24, 2.45) is 0 Å². The zero-order valence-electron chi connectivity index (χ0n) is 8.55. The molecule has 0 radical (unpaired) electrons. The normalized spacial score (nSPS) is 10.1. The highest BCUT2D eigenvalue weighted by Gasteiger charge is 2.16. The third-order valence-corrected chi connectivity index (χ3v) is 2.88. The molecule has 2 rings (SSSR count). The topological polar surface area (TPSA) is 44.1 Å². The molecule has 4 nitrogen and oxygen atoms in total. The number of methoxy groups -OCH3 is 1. The van der Waals surface area contributed by atoms with E-state index in [2.05, 4.69) is 25.8 Å². The summed E-state index contributed by atoms with van der Waals surface area (Å²) in [6.07, 6.45) is 1.48. The molecule has 0 N–H and O–H groups in total. The van der Waals surface area contributed by atoms with E-state index in [1.807, 2.05) is 30.3 Å². The molecule has 0 aliphatic heterocycles. The lowest BCUT2D eigenvalue weighted by molar-refractivity contribution is 0.0599. The van der Waals surface area contributed by atoms with Gasteiger partial charge in [-0.05, 0) is 28.1 Å². The van der Waals surface area contributed by atoms with E-state index in [1.54, 1.807) is 4.68 Å². The molecule has 1 aromatic heterocycles. The summed E-state index contributed by atoms with van der Waals surface area (Å²) in [6, 6.07) is 9.53. The minimum atomic E-state index is -0.408.